The largest absolute Gasteiger partial charge is 0.451 e. The molecule has 1 heterocycles. The van der Waals surface area contributed by atoms with E-state index in [-0.39, 0.29) is 21.3 Å². The summed E-state index contributed by atoms with van der Waals surface area (Å²) in [4.78, 5) is 34.9. The minimum Gasteiger partial charge on any atom is -0.451 e. The molecule has 1 amide bonds. The quantitative estimate of drug-likeness (QED) is 0.381. The monoisotopic (exact) mass is 404 g/mol. The highest BCUT2D eigenvalue weighted by molar-refractivity contribution is 7.21. The van der Waals surface area contributed by atoms with Gasteiger partial charge in [0.1, 0.15) is 10.6 Å². The smallest absolute Gasteiger partial charge is 0.350 e. The van der Waals surface area contributed by atoms with E-state index in [1.54, 1.807) is 25.1 Å². The van der Waals surface area contributed by atoms with Crippen molar-refractivity contribution in [2.24, 2.45) is 0 Å². The predicted octanol–water partition coefficient (Wildman–Crippen LogP) is 4.57. The Morgan fingerprint density at radius 1 is 1.26 bits per heavy atom. The van der Waals surface area contributed by atoms with Crippen LogP contribution in [0, 0.1) is 17.0 Å². The summed E-state index contributed by atoms with van der Waals surface area (Å²) in [6.45, 7) is 1.11. The Hall–Kier alpha value is -2.97. The van der Waals surface area contributed by atoms with Gasteiger partial charge in [-0.2, -0.15) is 0 Å². The molecule has 0 bridgehead atoms. The Labute approximate surface area is 162 Å². The average molecular weight is 405 g/mol. The molecule has 0 spiro atoms. The fraction of sp³-hybridized carbons (Fsp3) is 0.111. The van der Waals surface area contributed by atoms with Crippen LogP contribution in [0.4, 0.5) is 11.4 Å². The zero-order valence-corrected chi connectivity index (χ0v) is 15.6. The molecular formula is C18H13ClN2O5S. The third-order valence-corrected chi connectivity index (χ3v) is 5.33. The van der Waals surface area contributed by atoms with Crippen LogP contribution >= 0.6 is 22.9 Å². The molecule has 0 saturated heterocycles. The Bertz CT molecular complexity index is 1060. The van der Waals surface area contributed by atoms with Gasteiger partial charge in [-0.1, -0.05) is 35.9 Å². The summed E-state index contributed by atoms with van der Waals surface area (Å²) in [5.41, 5.74) is 0.485. The standard InChI is InChI=1S/C18H13ClN2O5S/c1-10-6-7-12(13(8-10)21(24)25)20-15(22)9-26-18(23)17-16(19)11-4-2-3-5-14(11)27-17/h2-8H,9H2,1H3,(H,20,22). The van der Waals surface area contributed by atoms with E-state index in [4.69, 9.17) is 16.3 Å². The van der Waals surface area contributed by atoms with Crippen molar-refractivity contribution in [2.45, 2.75) is 6.92 Å². The van der Waals surface area contributed by atoms with Crippen molar-refractivity contribution in [3.63, 3.8) is 0 Å². The maximum atomic E-state index is 12.2. The van der Waals surface area contributed by atoms with Crippen LogP contribution < -0.4 is 5.32 Å². The van der Waals surface area contributed by atoms with E-state index < -0.39 is 23.4 Å². The number of hydrogen-bond acceptors (Lipinski definition) is 6. The number of ether oxygens (including phenoxy) is 1. The van der Waals surface area contributed by atoms with Crippen LogP contribution in [0.15, 0.2) is 42.5 Å². The average Bonchev–Trinajstić information content (AvgIpc) is 2.98. The van der Waals surface area contributed by atoms with Crippen molar-refractivity contribution < 1.29 is 19.2 Å². The van der Waals surface area contributed by atoms with Crippen LogP contribution in [-0.4, -0.2) is 23.4 Å². The lowest BCUT2D eigenvalue weighted by Crippen LogP contribution is -2.21. The van der Waals surface area contributed by atoms with Crippen molar-refractivity contribution in [1.82, 2.24) is 0 Å². The first-order chi connectivity index (χ1) is 12.9. The second-order valence-corrected chi connectivity index (χ2v) is 7.07. The first-order valence-corrected chi connectivity index (χ1v) is 8.95. The molecule has 27 heavy (non-hydrogen) atoms. The SMILES string of the molecule is Cc1ccc(NC(=O)COC(=O)c2sc3ccccc3c2Cl)c([N+](=O)[O-])c1. The van der Waals surface area contributed by atoms with Gasteiger partial charge in [-0.3, -0.25) is 14.9 Å². The molecule has 0 saturated carbocycles. The summed E-state index contributed by atoms with van der Waals surface area (Å²) in [6.07, 6.45) is 0. The Morgan fingerprint density at radius 2 is 2.00 bits per heavy atom. The molecule has 0 aliphatic carbocycles. The lowest BCUT2D eigenvalue weighted by Gasteiger charge is -2.07. The highest BCUT2D eigenvalue weighted by Gasteiger charge is 2.20. The molecule has 7 nitrogen and oxygen atoms in total. The second-order valence-electron chi connectivity index (χ2n) is 5.64. The normalized spacial score (nSPS) is 10.6. The summed E-state index contributed by atoms with van der Waals surface area (Å²) in [5.74, 6) is -1.41. The number of thiophene rings is 1. The van der Waals surface area contributed by atoms with Gasteiger partial charge in [0.15, 0.2) is 6.61 Å². The molecular weight excluding hydrogens is 392 g/mol. The van der Waals surface area contributed by atoms with Gasteiger partial charge in [-0.25, -0.2) is 4.79 Å². The molecule has 0 atom stereocenters. The van der Waals surface area contributed by atoms with Crippen molar-refractivity contribution in [3.05, 3.63) is 68.0 Å². The molecule has 1 aromatic heterocycles. The number of benzene rings is 2. The summed E-state index contributed by atoms with van der Waals surface area (Å²) < 4.78 is 5.83. The second kappa shape index (κ2) is 7.73. The summed E-state index contributed by atoms with van der Waals surface area (Å²) in [7, 11) is 0. The van der Waals surface area contributed by atoms with Gasteiger partial charge in [0.05, 0.1) is 9.95 Å². The van der Waals surface area contributed by atoms with E-state index in [1.165, 1.54) is 23.5 Å². The third-order valence-electron chi connectivity index (χ3n) is 3.68. The van der Waals surface area contributed by atoms with E-state index in [1.807, 2.05) is 12.1 Å². The van der Waals surface area contributed by atoms with Gasteiger partial charge in [-0.15, -0.1) is 11.3 Å². The van der Waals surface area contributed by atoms with Gasteiger partial charge >= 0.3 is 5.97 Å². The number of nitrogens with one attached hydrogen (secondary N) is 1. The zero-order valence-electron chi connectivity index (χ0n) is 14.0. The van der Waals surface area contributed by atoms with Gasteiger partial charge in [0.25, 0.3) is 11.6 Å². The molecule has 0 aliphatic rings. The highest BCUT2D eigenvalue weighted by atomic mass is 35.5. The predicted molar refractivity (Wildman–Crippen MR) is 104 cm³/mol. The molecule has 2 aromatic carbocycles. The van der Waals surface area contributed by atoms with Crippen LogP contribution in [0.1, 0.15) is 15.2 Å². The summed E-state index contributed by atoms with van der Waals surface area (Å²) >= 11 is 7.37. The Balaban J connectivity index is 1.68. The number of amides is 1. The summed E-state index contributed by atoms with van der Waals surface area (Å²) in [5, 5.41) is 14.5. The highest BCUT2D eigenvalue weighted by Crippen LogP contribution is 2.35. The summed E-state index contributed by atoms with van der Waals surface area (Å²) in [6, 6.07) is 11.6. The lowest BCUT2D eigenvalue weighted by atomic mass is 10.2. The van der Waals surface area contributed by atoms with Gasteiger partial charge in [0, 0.05) is 16.2 Å². The molecule has 0 aliphatic heterocycles. The van der Waals surface area contributed by atoms with Crippen LogP contribution in [0.3, 0.4) is 0 Å². The van der Waals surface area contributed by atoms with E-state index in [9.17, 15) is 19.7 Å². The van der Waals surface area contributed by atoms with Crippen molar-refractivity contribution in [1.29, 1.82) is 0 Å². The van der Waals surface area contributed by atoms with E-state index in [2.05, 4.69) is 5.32 Å². The molecule has 138 valence electrons. The number of nitro groups is 1. The number of carbonyl (C=O) groups excluding carboxylic acids is 2. The van der Waals surface area contributed by atoms with Crippen LogP contribution in [0.5, 0.6) is 0 Å². The third kappa shape index (κ3) is 4.07. The van der Waals surface area contributed by atoms with Crippen LogP contribution in [0.2, 0.25) is 5.02 Å². The molecule has 3 rings (SSSR count). The fourth-order valence-electron chi connectivity index (χ4n) is 2.43. The maximum Gasteiger partial charge on any atom is 0.350 e. The van der Waals surface area contributed by atoms with Crippen molar-refractivity contribution in [3.8, 4) is 0 Å². The van der Waals surface area contributed by atoms with Gasteiger partial charge in [0.2, 0.25) is 0 Å². The number of nitrogens with zero attached hydrogens (tertiary/aromatic N) is 1. The zero-order chi connectivity index (χ0) is 19.6. The number of fused-ring (bicyclic) bond motifs is 1. The van der Waals surface area contributed by atoms with Gasteiger partial charge in [-0.05, 0) is 24.6 Å². The fourth-order valence-corrected chi connectivity index (χ4v) is 3.83. The molecule has 9 heteroatoms. The van der Waals surface area contributed by atoms with Crippen molar-refractivity contribution in [2.75, 3.05) is 11.9 Å². The topological polar surface area (TPSA) is 98.5 Å². The van der Waals surface area contributed by atoms with Crippen molar-refractivity contribution >= 4 is 56.3 Å². The van der Waals surface area contributed by atoms with Crippen LogP contribution in [0.25, 0.3) is 10.1 Å². The molecule has 0 unspecified atom stereocenters. The molecule has 3 aromatic rings. The number of nitro benzene ring substituents is 1. The first kappa shape index (κ1) is 18.8. The number of halogens is 1. The van der Waals surface area contributed by atoms with E-state index in [0.717, 1.165) is 10.1 Å². The molecule has 1 N–H and O–H groups in total. The van der Waals surface area contributed by atoms with Crippen LogP contribution in [-0.2, 0) is 9.53 Å². The Morgan fingerprint density at radius 3 is 2.70 bits per heavy atom. The van der Waals surface area contributed by atoms with E-state index in [0.29, 0.717) is 5.56 Å². The number of aryl methyl sites for hydroxylation is 1. The first-order valence-electron chi connectivity index (χ1n) is 7.76. The number of hydrogen-bond donors (Lipinski definition) is 1. The minimum atomic E-state index is -0.727. The maximum absolute atomic E-state index is 12.2. The molecule has 0 radical (unpaired) electrons. The number of esters is 1. The number of anilines is 1. The van der Waals surface area contributed by atoms with E-state index >= 15 is 0 Å². The Kier molecular flexibility index (Phi) is 5.38. The van der Waals surface area contributed by atoms with Gasteiger partial charge < -0.3 is 10.1 Å². The number of rotatable bonds is 5. The minimum absolute atomic E-state index is 0.0338. The lowest BCUT2D eigenvalue weighted by molar-refractivity contribution is -0.384. The number of carbonyl (C=O) groups is 2. The molecule has 0 fully saturated rings.